The summed E-state index contributed by atoms with van der Waals surface area (Å²) in [5.41, 5.74) is -0.229. The zero-order chi connectivity index (χ0) is 22.5. The highest BCUT2D eigenvalue weighted by molar-refractivity contribution is 7.86. The molecule has 2 bridgehead atoms. The summed E-state index contributed by atoms with van der Waals surface area (Å²) >= 11 is 0. The van der Waals surface area contributed by atoms with E-state index in [0.29, 0.717) is 6.42 Å². The highest BCUT2D eigenvalue weighted by Crippen LogP contribution is 2.61. The number of nitro benzene ring substituents is 1. The maximum absolute atomic E-state index is 12.7. The van der Waals surface area contributed by atoms with Gasteiger partial charge in [0.2, 0.25) is 0 Å². The Kier molecular flexibility index (Phi) is 5.34. The first-order valence-electron chi connectivity index (χ1n) is 9.71. The summed E-state index contributed by atoms with van der Waals surface area (Å²) in [5.74, 6) is -3.47. The fourth-order valence-electron chi connectivity index (χ4n) is 5.30. The van der Waals surface area contributed by atoms with E-state index in [9.17, 15) is 28.1 Å². The van der Waals surface area contributed by atoms with Crippen LogP contribution in [0.15, 0.2) is 41.3 Å². The largest absolute Gasteiger partial charge is 0.469 e. The topological polar surface area (TPSA) is 139 Å². The lowest BCUT2D eigenvalue weighted by atomic mass is 9.45. The molecule has 4 aliphatic rings. The third-order valence-electron chi connectivity index (χ3n) is 6.67. The molecule has 0 radical (unpaired) electrons. The van der Waals surface area contributed by atoms with Gasteiger partial charge in [-0.3, -0.25) is 23.9 Å². The Morgan fingerprint density at radius 3 is 2.10 bits per heavy atom. The Hall–Kier alpha value is -2.79. The van der Waals surface area contributed by atoms with Crippen molar-refractivity contribution in [2.45, 2.75) is 17.4 Å². The summed E-state index contributed by atoms with van der Waals surface area (Å²) in [7, 11) is -1.65. The molecule has 1 aromatic rings. The van der Waals surface area contributed by atoms with Crippen molar-refractivity contribution in [1.82, 2.24) is 0 Å². The number of allylic oxidation sites excluding steroid dienone is 2. The second-order valence-electron chi connectivity index (χ2n) is 7.95. The summed E-state index contributed by atoms with van der Waals surface area (Å²) in [6, 6.07) is 4.45. The van der Waals surface area contributed by atoms with Gasteiger partial charge >= 0.3 is 11.9 Å². The zero-order valence-corrected chi connectivity index (χ0v) is 17.6. The highest BCUT2D eigenvalue weighted by atomic mass is 32.2. The van der Waals surface area contributed by atoms with Crippen LogP contribution in [0.3, 0.4) is 0 Å². The number of esters is 2. The van der Waals surface area contributed by atoms with E-state index in [1.165, 1.54) is 14.2 Å². The minimum Gasteiger partial charge on any atom is -0.469 e. The molecule has 0 aromatic heterocycles. The molecule has 166 valence electrons. The van der Waals surface area contributed by atoms with Gasteiger partial charge in [-0.25, -0.2) is 0 Å². The maximum Gasteiger partial charge on any atom is 0.310 e. The average Bonchev–Trinajstić information content (AvgIpc) is 2.75. The number of ether oxygens (including phenoxy) is 2. The van der Waals surface area contributed by atoms with Crippen LogP contribution in [0.2, 0.25) is 0 Å². The summed E-state index contributed by atoms with van der Waals surface area (Å²) in [4.78, 5) is 34.9. The number of fused-ring (bicyclic) bond motifs is 1. The molecular weight excluding hydrogens is 430 g/mol. The second-order valence-corrected chi connectivity index (χ2v) is 9.53. The Labute approximate surface area is 178 Å². The summed E-state index contributed by atoms with van der Waals surface area (Å²) in [5, 5.41) is 10.8. The van der Waals surface area contributed by atoms with E-state index in [2.05, 4.69) is 0 Å². The molecule has 2 saturated carbocycles. The molecule has 4 aliphatic carbocycles. The van der Waals surface area contributed by atoms with Crippen molar-refractivity contribution in [3.8, 4) is 0 Å². The number of benzene rings is 1. The Bertz CT molecular complexity index is 1050. The van der Waals surface area contributed by atoms with Crippen LogP contribution in [0.1, 0.15) is 6.42 Å². The van der Waals surface area contributed by atoms with Crippen LogP contribution in [0.4, 0.5) is 5.69 Å². The van der Waals surface area contributed by atoms with Gasteiger partial charge in [0.15, 0.2) is 0 Å². The van der Waals surface area contributed by atoms with Crippen LogP contribution in [-0.2, 0) is 33.4 Å². The van der Waals surface area contributed by atoms with E-state index < -0.39 is 50.8 Å². The monoisotopic (exact) mass is 451 g/mol. The first-order valence-corrected chi connectivity index (χ1v) is 11.1. The van der Waals surface area contributed by atoms with E-state index in [4.69, 9.17) is 13.7 Å². The maximum atomic E-state index is 12.7. The minimum absolute atomic E-state index is 0.0166. The number of nitrogens with zero attached hydrogens (tertiary/aromatic N) is 1. The van der Waals surface area contributed by atoms with Gasteiger partial charge in [0.05, 0.1) is 42.0 Å². The molecule has 31 heavy (non-hydrogen) atoms. The molecule has 11 heteroatoms. The smallest absolute Gasteiger partial charge is 0.310 e. The Morgan fingerprint density at radius 2 is 1.55 bits per heavy atom. The molecular formula is C20H21NO9S. The van der Waals surface area contributed by atoms with Crippen molar-refractivity contribution >= 4 is 27.7 Å². The average molecular weight is 451 g/mol. The predicted molar refractivity (Wildman–Crippen MR) is 104 cm³/mol. The third-order valence-corrected chi connectivity index (χ3v) is 8.02. The van der Waals surface area contributed by atoms with Crippen molar-refractivity contribution < 1.29 is 36.6 Å². The first-order chi connectivity index (χ1) is 14.7. The van der Waals surface area contributed by atoms with Gasteiger partial charge in [-0.2, -0.15) is 8.42 Å². The molecule has 10 nitrogen and oxygen atoms in total. The molecule has 1 aromatic carbocycles. The van der Waals surface area contributed by atoms with Gasteiger partial charge in [-0.05, 0) is 42.2 Å². The number of carbonyl (C=O) groups excluding carboxylic acids is 2. The van der Waals surface area contributed by atoms with E-state index in [1.54, 1.807) is 0 Å². The second kappa shape index (κ2) is 7.72. The van der Waals surface area contributed by atoms with Gasteiger partial charge < -0.3 is 9.47 Å². The van der Waals surface area contributed by atoms with Gasteiger partial charge in [0.25, 0.3) is 15.8 Å². The summed E-state index contributed by atoms with van der Waals surface area (Å²) in [6.07, 6.45) is 3.46. The van der Waals surface area contributed by atoms with Crippen LogP contribution in [-0.4, -0.2) is 45.6 Å². The molecule has 0 amide bonds. The Morgan fingerprint density at radius 1 is 1.00 bits per heavy atom. The van der Waals surface area contributed by atoms with E-state index in [1.807, 2.05) is 12.2 Å². The molecule has 0 heterocycles. The number of rotatable bonds is 6. The van der Waals surface area contributed by atoms with Crippen LogP contribution < -0.4 is 0 Å². The van der Waals surface area contributed by atoms with Gasteiger partial charge in [0, 0.05) is 12.1 Å². The number of carbonyl (C=O) groups is 2. The highest BCUT2D eigenvalue weighted by Gasteiger charge is 2.64. The number of nitro groups is 1. The Balaban J connectivity index is 1.57. The lowest BCUT2D eigenvalue weighted by molar-refractivity contribution is -0.384. The molecule has 0 unspecified atom stereocenters. The summed E-state index contributed by atoms with van der Waals surface area (Å²) in [6.45, 7) is 0. The van der Waals surface area contributed by atoms with E-state index in [-0.39, 0.29) is 28.3 Å². The standard InChI is InChI=1S/C20H21NO9S/c1-28-19(22)17-12-7-8-13(18(17)20(23)29-2)16-14(12)9-15(16)30-31(26,27)11-5-3-10(4-6-11)21(24)25/h3-8,12-18H,9H2,1-2H3/t12-,13+,14-,15+,16+,17-,18-/m0/s1. The van der Waals surface area contributed by atoms with Crippen molar-refractivity contribution in [3.63, 3.8) is 0 Å². The number of methoxy groups -OCH3 is 2. The van der Waals surface area contributed by atoms with Gasteiger partial charge in [-0.1, -0.05) is 12.2 Å². The molecule has 0 aliphatic heterocycles. The fraction of sp³-hybridized carbons (Fsp3) is 0.500. The molecule has 7 atom stereocenters. The zero-order valence-electron chi connectivity index (χ0n) is 16.7. The van der Waals surface area contributed by atoms with Crippen molar-refractivity contribution in [2.75, 3.05) is 14.2 Å². The third kappa shape index (κ3) is 3.41. The number of non-ortho nitro benzene ring substituents is 1. The minimum atomic E-state index is -4.16. The molecule has 0 N–H and O–H groups in total. The predicted octanol–water partition coefficient (Wildman–Crippen LogP) is 1.70. The molecule has 5 rings (SSSR count). The molecule has 0 saturated heterocycles. The van der Waals surface area contributed by atoms with Crippen LogP contribution in [0, 0.1) is 45.6 Å². The van der Waals surface area contributed by atoms with Crippen LogP contribution in [0.5, 0.6) is 0 Å². The van der Waals surface area contributed by atoms with E-state index in [0.717, 1.165) is 24.3 Å². The molecule has 2 fully saturated rings. The lowest BCUT2D eigenvalue weighted by Crippen LogP contribution is -2.63. The van der Waals surface area contributed by atoms with Crippen molar-refractivity contribution in [2.24, 2.45) is 35.5 Å². The SMILES string of the molecule is COC(=O)[C@H]1[C@H]2C=C[C@@H]([C@@H]1C(=O)OC)[C@@H]1[C@H]2C[C@H]1OS(=O)(=O)c1ccc([N+](=O)[O-])cc1. The number of hydrogen-bond donors (Lipinski definition) is 0. The lowest BCUT2D eigenvalue weighted by Gasteiger charge is -2.59. The fourth-order valence-corrected chi connectivity index (χ4v) is 6.41. The van der Waals surface area contributed by atoms with Crippen LogP contribution in [0.25, 0.3) is 0 Å². The van der Waals surface area contributed by atoms with Gasteiger partial charge in [0.1, 0.15) is 0 Å². The van der Waals surface area contributed by atoms with E-state index >= 15 is 0 Å². The van der Waals surface area contributed by atoms with Crippen LogP contribution >= 0.6 is 0 Å². The molecule has 0 spiro atoms. The quantitative estimate of drug-likeness (QED) is 0.208. The first kappa shape index (κ1) is 21.4. The normalized spacial score (nSPS) is 33.2. The summed E-state index contributed by atoms with van der Waals surface area (Å²) < 4.78 is 40.7. The van der Waals surface area contributed by atoms with Crippen molar-refractivity contribution in [3.05, 3.63) is 46.5 Å². The number of hydrogen-bond acceptors (Lipinski definition) is 9. The van der Waals surface area contributed by atoms with Gasteiger partial charge in [-0.15, -0.1) is 0 Å². The van der Waals surface area contributed by atoms with Crippen molar-refractivity contribution in [1.29, 1.82) is 0 Å².